The molecule has 1 aromatic carbocycles. The van der Waals surface area contributed by atoms with Crippen LogP contribution < -0.4 is 5.32 Å². The van der Waals surface area contributed by atoms with E-state index in [1.54, 1.807) is 10.8 Å². The number of hydrogen-bond acceptors (Lipinski definition) is 5. The Morgan fingerprint density at radius 2 is 2.12 bits per heavy atom. The zero-order chi connectivity index (χ0) is 17.9. The molecular formula is C20H26N6. The van der Waals surface area contributed by atoms with Crippen molar-refractivity contribution in [2.75, 3.05) is 25.0 Å². The Hall–Kier alpha value is -2.47. The highest BCUT2D eigenvalue weighted by molar-refractivity contribution is 5.65. The number of hydrogen-bond donors (Lipinski definition) is 1. The molecule has 136 valence electrons. The third kappa shape index (κ3) is 3.55. The minimum absolute atomic E-state index is 0.477. The van der Waals surface area contributed by atoms with Gasteiger partial charge in [-0.05, 0) is 32.2 Å². The molecular weight excluding hydrogens is 324 g/mol. The molecule has 1 fully saturated rings. The van der Waals surface area contributed by atoms with Gasteiger partial charge in [0.25, 0.3) is 5.78 Å². The lowest BCUT2D eigenvalue weighted by Gasteiger charge is -2.35. The van der Waals surface area contributed by atoms with Crippen LogP contribution in [0, 0.1) is 5.92 Å². The van der Waals surface area contributed by atoms with E-state index >= 15 is 0 Å². The van der Waals surface area contributed by atoms with E-state index < -0.39 is 0 Å². The molecule has 1 aliphatic heterocycles. The number of nitrogens with zero attached hydrogens (tertiary/aromatic N) is 5. The summed E-state index contributed by atoms with van der Waals surface area (Å²) in [7, 11) is 0. The van der Waals surface area contributed by atoms with Crippen molar-refractivity contribution in [1.82, 2.24) is 24.5 Å². The van der Waals surface area contributed by atoms with E-state index in [2.05, 4.69) is 57.3 Å². The lowest BCUT2D eigenvalue weighted by atomic mass is 9.99. The highest BCUT2D eigenvalue weighted by Crippen LogP contribution is 2.22. The predicted octanol–water partition coefficient (Wildman–Crippen LogP) is 3.32. The Balaban J connectivity index is 1.55. The molecule has 2 unspecified atom stereocenters. The van der Waals surface area contributed by atoms with Gasteiger partial charge in [0.2, 0.25) is 0 Å². The molecule has 3 heterocycles. The molecule has 2 atom stereocenters. The average Bonchev–Trinajstić information content (AvgIpc) is 3.15. The maximum absolute atomic E-state index is 4.63. The second kappa shape index (κ2) is 7.41. The molecule has 0 bridgehead atoms. The minimum Gasteiger partial charge on any atom is -0.368 e. The molecule has 0 radical (unpaired) electrons. The molecule has 1 N–H and O–H groups in total. The summed E-state index contributed by atoms with van der Waals surface area (Å²) in [6.07, 6.45) is 4.20. The highest BCUT2D eigenvalue weighted by Gasteiger charge is 2.21. The van der Waals surface area contributed by atoms with Crippen molar-refractivity contribution in [2.24, 2.45) is 5.92 Å². The molecule has 0 aliphatic carbocycles. The van der Waals surface area contributed by atoms with Crippen molar-refractivity contribution in [2.45, 2.75) is 32.7 Å². The van der Waals surface area contributed by atoms with Crippen LogP contribution in [0.4, 0.5) is 5.82 Å². The SMILES string of the molecule is CC1CCCN(C(C)CNc2cc(-c3ccccc3)nc3ncnn23)C1. The third-order valence-corrected chi connectivity index (χ3v) is 5.21. The number of fused-ring (bicyclic) bond motifs is 1. The normalized spacial score (nSPS) is 19.5. The average molecular weight is 350 g/mol. The van der Waals surface area contributed by atoms with Crippen LogP contribution in [0.25, 0.3) is 17.0 Å². The number of aromatic nitrogens is 4. The van der Waals surface area contributed by atoms with Crippen molar-refractivity contribution in [3.8, 4) is 11.3 Å². The first-order valence-corrected chi connectivity index (χ1v) is 9.45. The van der Waals surface area contributed by atoms with Gasteiger partial charge in [-0.3, -0.25) is 4.90 Å². The maximum atomic E-state index is 4.63. The minimum atomic E-state index is 0.477. The van der Waals surface area contributed by atoms with Gasteiger partial charge < -0.3 is 5.32 Å². The van der Waals surface area contributed by atoms with Gasteiger partial charge in [-0.25, -0.2) is 4.98 Å². The molecule has 6 nitrogen and oxygen atoms in total. The van der Waals surface area contributed by atoms with Gasteiger partial charge in [0.05, 0.1) is 5.69 Å². The lowest BCUT2D eigenvalue weighted by Crippen LogP contribution is -2.43. The first-order chi connectivity index (χ1) is 12.7. The number of rotatable bonds is 5. The summed E-state index contributed by atoms with van der Waals surface area (Å²) in [6, 6.07) is 12.7. The molecule has 0 saturated carbocycles. The van der Waals surface area contributed by atoms with E-state index in [1.807, 2.05) is 18.2 Å². The van der Waals surface area contributed by atoms with Crippen LogP contribution in [0.2, 0.25) is 0 Å². The molecule has 2 aromatic heterocycles. The van der Waals surface area contributed by atoms with Gasteiger partial charge in [-0.2, -0.15) is 14.6 Å². The van der Waals surface area contributed by atoms with Crippen LogP contribution >= 0.6 is 0 Å². The van der Waals surface area contributed by atoms with Gasteiger partial charge in [-0.1, -0.05) is 37.3 Å². The van der Waals surface area contributed by atoms with Crippen molar-refractivity contribution in [3.05, 3.63) is 42.7 Å². The van der Waals surface area contributed by atoms with Gasteiger partial charge in [0, 0.05) is 30.8 Å². The quantitative estimate of drug-likeness (QED) is 0.765. The fourth-order valence-corrected chi connectivity index (χ4v) is 3.70. The van der Waals surface area contributed by atoms with Crippen molar-refractivity contribution in [1.29, 1.82) is 0 Å². The summed E-state index contributed by atoms with van der Waals surface area (Å²) >= 11 is 0. The number of benzene rings is 1. The van der Waals surface area contributed by atoms with E-state index in [1.165, 1.54) is 25.9 Å². The Morgan fingerprint density at radius 1 is 1.27 bits per heavy atom. The van der Waals surface area contributed by atoms with Crippen LogP contribution in [-0.2, 0) is 0 Å². The molecule has 4 rings (SSSR count). The van der Waals surface area contributed by atoms with Crippen molar-refractivity contribution < 1.29 is 0 Å². The molecule has 26 heavy (non-hydrogen) atoms. The van der Waals surface area contributed by atoms with Crippen LogP contribution in [0.15, 0.2) is 42.7 Å². The zero-order valence-electron chi connectivity index (χ0n) is 15.5. The Morgan fingerprint density at radius 3 is 2.92 bits per heavy atom. The van der Waals surface area contributed by atoms with Gasteiger partial charge in [0.15, 0.2) is 0 Å². The number of nitrogens with one attached hydrogen (secondary N) is 1. The Labute approximate surface area is 154 Å². The number of likely N-dealkylation sites (tertiary alicyclic amines) is 1. The maximum Gasteiger partial charge on any atom is 0.254 e. The second-order valence-electron chi connectivity index (χ2n) is 7.34. The molecule has 0 amide bonds. The standard InChI is InChI=1S/C20H26N6/c1-15-7-6-10-25(13-15)16(2)12-21-19-11-18(17-8-4-3-5-9-17)24-20-22-14-23-26(19)20/h3-5,8-9,11,14-16,21H,6-7,10,12-13H2,1-2H3. The topological polar surface area (TPSA) is 58.3 Å². The number of piperidine rings is 1. The largest absolute Gasteiger partial charge is 0.368 e. The van der Waals surface area contributed by atoms with Gasteiger partial charge in [0.1, 0.15) is 12.1 Å². The van der Waals surface area contributed by atoms with Crippen molar-refractivity contribution in [3.63, 3.8) is 0 Å². The third-order valence-electron chi connectivity index (χ3n) is 5.21. The van der Waals surface area contributed by atoms with Crippen LogP contribution in [0.3, 0.4) is 0 Å². The highest BCUT2D eigenvalue weighted by atomic mass is 15.4. The van der Waals surface area contributed by atoms with Crippen LogP contribution in [0.1, 0.15) is 26.7 Å². The second-order valence-corrected chi connectivity index (χ2v) is 7.34. The van der Waals surface area contributed by atoms with E-state index in [0.717, 1.165) is 29.5 Å². The van der Waals surface area contributed by atoms with Crippen LogP contribution in [-0.4, -0.2) is 50.2 Å². The fraction of sp³-hybridized carbons (Fsp3) is 0.450. The summed E-state index contributed by atoms with van der Waals surface area (Å²) < 4.78 is 1.78. The van der Waals surface area contributed by atoms with Crippen molar-refractivity contribution >= 4 is 11.6 Å². The smallest absolute Gasteiger partial charge is 0.254 e. The van der Waals surface area contributed by atoms with Crippen LogP contribution in [0.5, 0.6) is 0 Å². The first kappa shape index (κ1) is 17.0. The molecule has 1 saturated heterocycles. The zero-order valence-corrected chi connectivity index (χ0v) is 15.5. The van der Waals surface area contributed by atoms with E-state index in [4.69, 9.17) is 0 Å². The van der Waals surface area contributed by atoms with Gasteiger partial charge >= 0.3 is 0 Å². The molecule has 6 heteroatoms. The van der Waals surface area contributed by atoms with E-state index in [9.17, 15) is 0 Å². The lowest BCUT2D eigenvalue weighted by molar-refractivity contribution is 0.144. The summed E-state index contributed by atoms with van der Waals surface area (Å²) in [6.45, 7) is 7.90. The predicted molar refractivity (Wildman–Crippen MR) is 104 cm³/mol. The summed E-state index contributed by atoms with van der Waals surface area (Å²) in [5, 5.41) is 7.90. The van der Waals surface area contributed by atoms with Gasteiger partial charge in [-0.15, -0.1) is 0 Å². The first-order valence-electron chi connectivity index (χ1n) is 9.45. The van der Waals surface area contributed by atoms with E-state index in [0.29, 0.717) is 11.8 Å². The molecule has 0 spiro atoms. The fourth-order valence-electron chi connectivity index (χ4n) is 3.70. The Kier molecular flexibility index (Phi) is 4.84. The summed E-state index contributed by atoms with van der Waals surface area (Å²) in [5.74, 6) is 2.34. The summed E-state index contributed by atoms with van der Waals surface area (Å²) in [5.41, 5.74) is 1.99. The number of anilines is 1. The van der Waals surface area contributed by atoms with E-state index in [-0.39, 0.29) is 0 Å². The summed E-state index contributed by atoms with van der Waals surface area (Å²) in [4.78, 5) is 11.5. The molecule has 1 aliphatic rings. The Bertz CT molecular complexity index is 859. The molecule has 3 aromatic rings. The monoisotopic (exact) mass is 350 g/mol.